The molecule has 4 heteroatoms. The molecular weight excluding hydrogens is 278 g/mol. The van der Waals surface area contributed by atoms with E-state index in [0.29, 0.717) is 0 Å². The molecule has 2 rings (SSSR count). The number of imidazole rings is 1. The number of aromatic amines is 1. The SMILES string of the molecule is CC(C)(C)C(N)Cc1nc2ccc(Br)cc2[nH]1. The van der Waals surface area contributed by atoms with Crippen LogP contribution < -0.4 is 5.73 Å². The van der Waals surface area contributed by atoms with Crippen molar-refractivity contribution in [2.75, 3.05) is 0 Å². The maximum atomic E-state index is 6.17. The van der Waals surface area contributed by atoms with Crippen molar-refractivity contribution in [2.24, 2.45) is 11.1 Å². The second-order valence-corrected chi connectivity index (χ2v) is 6.44. The average Bonchev–Trinajstić information content (AvgIpc) is 2.57. The number of nitrogens with two attached hydrogens (primary N) is 1. The molecule has 1 heterocycles. The number of halogens is 1. The molecule has 1 unspecified atom stereocenters. The van der Waals surface area contributed by atoms with Gasteiger partial charge in [-0.05, 0) is 23.6 Å². The molecule has 2 aromatic rings. The third-order valence-electron chi connectivity index (χ3n) is 3.02. The van der Waals surface area contributed by atoms with Crippen molar-refractivity contribution in [3.05, 3.63) is 28.5 Å². The highest BCUT2D eigenvalue weighted by Crippen LogP contribution is 2.22. The van der Waals surface area contributed by atoms with E-state index in [-0.39, 0.29) is 11.5 Å². The van der Waals surface area contributed by atoms with Gasteiger partial charge in [0.1, 0.15) is 5.82 Å². The molecule has 1 aromatic heterocycles. The van der Waals surface area contributed by atoms with Gasteiger partial charge in [-0.25, -0.2) is 4.98 Å². The van der Waals surface area contributed by atoms with Crippen LogP contribution in [0.3, 0.4) is 0 Å². The Morgan fingerprint density at radius 1 is 1.41 bits per heavy atom. The molecule has 0 spiro atoms. The van der Waals surface area contributed by atoms with Gasteiger partial charge >= 0.3 is 0 Å². The van der Waals surface area contributed by atoms with Crippen molar-refractivity contribution in [1.29, 1.82) is 0 Å². The second-order valence-electron chi connectivity index (χ2n) is 5.52. The van der Waals surface area contributed by atoms with E-state index in [2.05, 4.69) is 46.7 Å². The Kier molecular flexibility index (Phi) is 3.27. The Balaban J connectivity index is 2.25. The van der Waals surface area contributed by atoms with Crippen LogP contribution in [0.5, 0.6) is 0 Å². The molecule has 0 fully saturated rings. The fourth-order valence-electron chi connectivity index (χ4n) is 1.65. The van der Waals surface area contributed by atoms with Crippen molar-refractivity contribution in [3.8, 4) is 0 Å². The van der Waals surface area contributed by atoms with E-state index in [9.17, 15) is 0 Å². The zero-order valence-corrected chi connectivity index (χ0v) is 12.0. The van der Waals surface area contributed by atoms with Gasteiger partial charge in [0.15, 0.2) is 0 Å². The Hall–Kier alpha value is -0.870. The van der Waals surface area contributed by atoms with Crippen molar-refractivity contribution < 1.29 is 0 Å². The van der Waals surface area contributed by atoms with E-state index in [0.717, 1.165) is 27.8 Å². The number of benzene rings is 1. The van der Waals surface area contributed by atoms with Crippen molar-refractivity contribution >= 4 is 27.0 Å². The summed E-state index contributed by atoms with van der Waals surface area (Å²) in [5.41, 5.74) is 8.30. The number of nitrogens with zero attached hydrogens (tertiary/aromatic N) is 1. The van der Waals surface area contributed by atoms with Gasteiger partial charge in [0.25, 0.3) is 0 Å². The van der Waals surface area contributed by atoms with Gasteiger partial charge in [0.05, 0.1) is 11.0 Å². The quantitative estimate of drug-likeness (QED) is 0.894. The molecule has 1 aromatic carbocycles. The molecule has 0 aliphatic rings. The molecule has 1 atom stereocenters. The molecule has 92 valence electrons. The van der Waals surface area contributed by atoms with Gasteiger partial charge in [-0.1, -0.05) is 36.7 Å². The minimum Gasteiger partial charge on any atom is -0.342 e. The highest BCUT2D eigenvalue weighted by atomic mass is 79.9. The van der Waals surface area contributed by atoms with Crippen molar-refractivity contribution in [2.45, 2.75) is 33.2 Å². The van der Waals surface area contributed by atoms with E-state index in [1.54, 1.807) is 0 Å². The van der Waals surface area contributed by atoms with Crippen LogP contribution in [-0.2, 0) is 6.42 Å². The van der Waals surface area contributed by atoms with Crippen LogP contribution in [-0.4, -0.2) is 16.0 Å². The lowest BCUT2D eigenvalue weighted by Gasteiger charge is -2.26. The minimum absolute atomic E-state index is 0.0968. The fourth-order valence-corrected chi connectivity index (χ4v) is 2.01. The number of aromatic nitrogens is 2. The van der Waals surface area contributed by atoms with Crippen LogP contribution in [0.15, 0.2) is 22.7 Å². The standard InChI is InChI=1S/C13H18BrN3/c1-13(2,3)11(15)7-12-16-9-5-4-8(14)6-10(9)17-12/h4-6,11H,7,15H2,1-3H3,(H,16,17). The summed E-state index contributed by atoms with van der Waals surface area (Å²) in [6.07, 6.45) is 0.774. The number of fused-ring (bicyclic) bond motifs is 1. The van der Waals surface area contributed by atoms with Gasteiger partial charge < -0.3 is 10.7 Å². The van der Waals surface area contributed by atoms with E-state index in [1.165, 1.54) is 0 Å². The summed E-state index contributed by atoms with van der Waals surface area (Å²) in [6.45, 7) is 6.45. The van der Waals surface area contributed by atoms with Gasteiger partial charge in [0.2, 0.25) is 0 Å². The van der Waals surface area contributed by atoms with Crippen LogP contribution in [0.25, 0.3) is 11.0 Å². The maximum absolute atomic E-state index is 6.17. The molecule has 0 aliphatic carbocycles. The third kappa shape index (κ3) is 2.87. The van der Waals surface area contributed by atoms with Crippen LogP contribution in [0, 0.1) is 5.41 Å². The first kappa shape index (κ1) is 12.6. The summed E-state index contributed by atoms with van der Waals surface area (Å²) in [6, 6.07) is 6.14. The second kappa shape index (κ2) is 4.42. The lowest BCUT2D eigenvalue weighted by atomic mass is 9.85. The van der Waals surface area contributed by atoms with Gasteiger partial charge in [-0.2, -0.15) is 0 Å². The zero-order valence-electron chi connectivity index (χ0n) is 10.4. The Bertz CT molecular complexity index is 525. The molecule has 0 amide bonds. The fraction of sp³-hybridized carbons (Fsp3) is 0.462. The lowest BCUT2D eigenvalue weighted by Crippen LogP contribution is -2.37. The average molecular weight is 296 g/mol. The number of hydrogen-bond acceptors (Lipinski definition) is 2. The number of hydrogen-bond donors (Lipinski definition) is 2. The first-order valence-electron chi connectivity index (χ1n) is 5.76. The Labute approximate surface area is 110 Å². The Morgan fingerprint density at radius 2 is 2.12 bits per heavy atom. The smallest absolute Gasteiger partial charge is 0.108 e. The van der Waals surface area contributed by atoms with Crippen LogP contribution in [0.4, 0.5) is 0 Å². The molecule has 17 heavy (non-hydrogen) atoms. The van der Waals surface area contributed by atoms with Gasteiger partial charge in [-0.3, -0.25) is 0 Å². The molecular formula is C13H18BrN3. The molecule has 0 aliphatic heterocycles. The van der Waals surface area contributed by atoms with Crippen molar-refractivity contribution in [1.82, 2.24) is 9.97 Å². The van der Waals surface area contributed by atoms with E-state index in [4.69, 9.17) is 5.73 Å². The topological polar surface area (TPSA) is 54.7 Å². The Morgan fingerprint density at radius 3 is 2.76 bits per heavy atom. The van der Waals surface area contributed by atoms with E-state index in [1.807, 2.05) is 18.2 Å². The lowest BCUT2D eigenvalue weighted by molar-refractivity contribution is 0.315. The maximum Gasteiger partial charge on any atom is 0.108 e. The van der Waals surface area contributed by atoms with Gasteiger partial charge in [-0.15, -0.1) is 0 Å². The molecule has 0 saturated carbocycles. The summed E-state index contributed by atoms with van der Waals surface area (Å²) in [7, 11) is 0. The van der Waals surface area contributed by atoms with Crippen molar-refractivity contribution in [3.63, 3.8) is 0 Å². The summed E-state index contributed by atoms with van der Waals surface area (Å²) >= 11 is 3.45. The molecule has 3 nitrogen and oxygen atoms in total. The normalized spacial score (nSPS) is 14.2. The number of H-pyrrole nitrogens is 1. The van der Waals surface area contributed by atoms with Crippen LogP contribution in [0.2, 0.25) is 0 Å². The van der Waals surface area contributed by atoms with Crippen LogP contribution in [0.1, 0.15) is 26.6 Å². The molecule has 0 saturated heterocycles. The summed E-state index contributed by atoms with van der Waals surface area (Å²) in [5, 5.41) is 0. The first-order chi connectivity index (χ1) is 7.86. The van der Waals surface area contributed by atoms with Crippen LogP contribution >= 0.6 is 15.9 Å². The monoisotopic (exact) mass is 295 g/mol. The van der Waals surface area contributed by atoms with E-state index >= 15 is 0 Å². The first-order valence-corrected chi connectivity index (χ1v) is 6.55. The molecule has 3 N–H and O–H groups in total. The third-order valence-corrected chi connectivity index (χ3v) is 3.51. The molecule has 0 radical (unpaired) electrons. The molecule has 0 bridgehead atoms. The number of nitrogens with one attached hydrogen (secondary N) is 1. The summed E-state index contributed by atoms with van der Waals surface area (Å²) in [4.78, 5) is 7.87. The number of rotatable bonds is 2. The van der Waals surface area contributed by atoms with E-state index < -0.39 is 0 Å². The zero-order chi connectivity index (χ0) is 12.6. The largest absolute Gasteiger partial charge is 0.342 e. The highest BCUT2D eigenvalue weighted by Gasteiger charge is 2.21. The predicted molar refractivity (Wildman–Crippen MR) is 74.9 cm³/mol. The minimum atomic E-state index is 0.0968. The predicted octanol–water partition coefficient (Wildman–Crippen LogP) is 3.24. The highest BCUT2D eigenvalue weighted by molar-refractivity contribution is 9.10. The van der Waals surface area contributed by atoms with Gasteiger partial charge in [0, 0.05) is 16.9 Å². The summed E-state index contributed by atoms with van der Waals surface area (Å²) in [5.74, 6) is 0.959. The summed E-state index contributed by atoms with van der Waals surface area (Å²) < 4.78 is 1.06.